The van der Waals surface area contributed by atoms with E-state index in [0.29, 0.717) is 16.7 Å². The van der Waals surface area contributed by atoms with Crippen LogP contribution in [0.2, 0.25) is 0 Å². The molecule has 1 saturated carbocycles. The minimum Gasteiger partial charge on any atom is -0.484 e. The maximum absolute atomic E-state index is 12.1. The lowest BCUT2D eigenvalue weighted by Crippen LogP contribution is -2.41. The summed E-state index contributed by atoms with van der Waals surface area (Å²) in [5.41, 5.74) is 6.00. The minimum absolute atomic E-state index is 0.0176. The Morgan fingerprint density at radius 3 is 2.28 bits per heavy atom. The second-order valence-corrected chi connectivity index (χ2v) is 7.64. The van der Waals surface area contributed by atoms with Crippen LogP contribution in [0.3, 0.4) is 0 Å². The van der Waals surface area contributed by atoms with Crippen molar-refractivity contribution in [1.29, 1.82) is 0 Å². The van der Waals surface area contributed by atoms with Gasteiger partial charge >= 0.3 is 0 Å². The fraction of sp³-hybridized carbons (Fsp3) is 0.600. The van der Waals surface area contributed by atoms with E-state index >= 15 is 0 Å². The number of nitrogens with one attached hydrogen (secondary N) is 1. The third-order valence-corrected chi connectivity index (χ3v) is 5.62. The van der Waals surface area contributed by atoms with Crippen LogP contribution >= 0.6 is 0 Å². The molecule has 1 aliphatic rings. The Morgan fingerprint density at radius 2 is 1.76 bits per heavy atom. The molecule has 0 spiro atoms. The van der Waals surface area contributed by atoms with Gasteiger partial charge in [-0.2, -0.15) is 0 Å². The van der Waals surface area contributed by atoms with Crippen LogP contribution in [0.25, 0.3) is 0 Å². The van der Waals surface area contributed by atoms with E-state index in [1.165, 1.54) is 19.3 Å². The highest BCUT2D eigenvalue weighted by atomic mass is 16.5. The third kappa shape index (κ3) is 5.48. The summed E-state index contributed by atoms with van der Waals surface area (Å²) >= 11 is 0. The molecule has 1 fully saturated rings. The Kier molecular flexibility index (Phi) is 6.45. The van der Waals surface area contributed by atoms with Crippen molar-refractivity contribution < 1.29 is 14.3 Å². The number of nitrogens with two attached hydrogens (primary N) is 1. The summed E-state index contributed by atoms with van der Waals surface area (Å²) in [5, 5.41) is 3.07. The number of benzene rings is 1. The molecule has 138 valence electrons. The van der Waals surface area contributed by atoms with Gasteiger partial charge in [0, 0.05) is 11.6 Å². The van der Waals surface area contributed by atoms with Crippen molar-refractivity contribution in [2.75, 3.05) is 6.61 Å². The summed E-state index contributed by atoms with van der Waals surface area (Å²) in [7, 11) is 0. The summed E-state index contributed by atoms with van der Waals surface area (Å²) < 4.78 is 5.47. The van der Waals surface area contributed by atoms with Gasteiger partial charge in [0.05, 0.1) is 0 Å². The van der Waals surface area contributed by atoms with E-state index in [-0.39, 0.29) is 18.6 Å². The first-order chi connectivity index (χ1) is 11.8. The van der Waals surface area contributed by atoms with Gasteiger partial charge in [-0.05, 0) is 61.3 Å². The number of carbonyl (C=O) groups excluding carboxylic acids is 2. The van der Waals surface area contributed by atoms with Gasteiger partial charge in [-0.1, -0.05) is 27.2 Å². The summed E-state index contributed by atoms with van der Waals surface area (Å²) in [4.78, 5) is 23.1. The Bertz CT molecular complexity index is 587. The van der Waals surface area contributed by atoms with E-state index in [1.54, 1.807) is 24.3 Å². The van der Waals surface area contributed by atoms with Crippen LogP contribution in [-0.4, -0.2) is 24.5 Å². The van der Waals surface area contributed by atoms with Crippen LogP contribution in [0.15, 0.2) is 24.3 Å². The number of hydrogen-bond acceptors (Lipinski definition) is 3. The molecule has 0 radical (unpaired) electrons. The van der Waals surface area contributed by atoms with Crippen LogP contribution < -0.4 is 15.8 Å². The van der Waals surface area contributed by atoms with E-state index < -0.39 is 5.91 Å². The Balaban J connectivity index is 1.73. The lowest BCUT2D eigenvalue weighted by atomic mass is 9.69. The van der Waals surface area contributed by atoms with Crippen molar-refractivity contribution in [1.82, 2.24) is 5.32 Å². The van der Waals surface area contributed by atoms with Crippen LogP contribution in [0.1, 0.15) is 63.2 Å². The van der Waals surface area contributed by atoms with E-state index in [2.05, 4.69) is 26.1 Å². The minimum atomic E-state index is -0.480. The van der Waals surface area contributed by atoms with Crippen molar-refractivity contribution in [3.8, 4) is 5.75 Å². The van der Waals surface area contributed by atoms with Crippen LogP contribution in [0, 0.1) is 11.3 Å². The standard InChI is InChI=1S/C20H30N2O3/c1-4-20(2,3)15-7-9-16(10-8-15)22-18(23)13-25-17-11-5-14(6-12-17)19(21)24/h5-6,11-12,15-16H,4,7-10,13H2,1-3H3,(H2,21,24)(H,22,23). The molecular formula is C20H30N2O3. The zero-order valence-corrected chi connectivity index (χ0v) is 15.5. The zero-order valence-electron chi connectivity index (χ0n) is 15.5. The average molecular weight is 346 g/mol. The molecule has 1 aromatic rings. The average Bonchev–Trinajstić information content (AvgIpc) is 2.61. The number of rotatable bonds is 7. The number of amides is 2. The Morgan fingerprint density at radius 1 is 1.16 bits per heavy atom. The van der Waals surface area contributed by atoms with Crippen LogP contribution in [0.4, 0.5) is 0 Å². The first kappa shape index (κ1) is 19.3. The molecule has 0 heterocycles. The second-order valence-electron chi connectivity index (χ2n) is 7.64. The van der Waals surface area contributed by atoms with Crippen molar-refractivity contribution in [3.63, 3.8) is 0 Å². The quantitative estimate of drug-likeness (QED) is 0.795. The lowest BCUT2D eigenvalue weighted by molar-refractivity contribution is -0.124. The molecule has 2 rings (SSSR count). The molecule has 1 aliphatic carbocycles. The van der Waals surface area contributed by atoms with E-state index in [0.717, 1.165) is 18.8 Å². The molecule has 3 N–H and O–H groups in total. The lowest BCUT2D eigenvalue weighted by Gasteiger charge is -2.39. The Hall–Kier alpha value is -2.04. The second kappa shape index (κ2) is 8.37. The Labute approximate surface area is 150 Å². The summed E-state index contributed by atoms with van der Waals surface area (Å²) in [5.74, 6) is 0.711. The van der Waals surface area contributed by atoms with Crippen LogP contribution in [-0.2, 0) is 4.79 Å². The van der Waals surface area contributed by atoms with Crippen LogP contribution in [0.5, 0.6) is 5.75 Å². The van der Waals surface area contributed by atoms with E-state index in [9.17, 15) is 9.59 Å². The van der Waals surface area contributed by atoms with Gasteiger partial charge in [0.1, 0.15) is 5.75 Å². The van der Waals surface area contributed by atoms with Gasteiger partial charge in [-0.3, -0.25) is 9.59 Å². The zero-order chi connectivity index (χ0) is 18.4. The highest BCUT2D eigenvalue weighted by molar-refractivity contribution is 5.92. The molecule has 0 unspecified atom stereocenters. The van der Waals surface area contributed by atoms with Crippen molar-refractivity contribution in [2.45, 2.75) is 58.9 Å². The SMILES string of the molecule is CCC(C)(C)C1CCC(NC(=O)COc2ccc(C(N)=O)cc2)CC1. The molecule has 5 heteroatoms. The number of carbonyl (C=O) groups is 2. The topological polar surface area (TPSA) is 81.4 Å². The largest absolute Gasteiger partial charge is 0.484 e. The van der Waals surface area contributed by atoms with Gasteiger partial charge in [-0.25, -0.2) is 0 Å². The molecule has 0 aromatic heterocycles. The normalized spacial score (nSPS) is 20.8. The predicted molar refractivity (Wildman–Crippen MR) is 98.4 cm³/mol. The molecule has 25 heavy (non-hydrogen) atoms. The molecule has 2 amide bonds. The van der Waals surface area contributed by atoms with E-state index in [4.69, 9.17) is 10.5 Å². The van der Waals surface area contributed by atoms with Gasteiger partial charge in [-0.15, -0.1) is 0 Å². The molecule has 0 aliphatic heterocycles. The molecule has 0 bridgehead atoms. The maximum Gasteiger partial charge on any atom is 0.258 e. The first-order valence-corrected chi connectivity index (χ1v) is 9.14. The summed E-state index contributed by atoms with van der Waals surface area (Å²) in [6.07, 6.45) is 5.60. The first-order valence-electron chi connectivity index (χ1n) is 9.14. The number of hydrogen-bond donors (Lipinski definition) is 2. The fourth-order valence-corrected chi connectivity index (χ4v) is 3.44. The fourth-order valence-electron chi connectivity index (χ4n) is 3.44. The maximum atomic E-state index is 12.1. The summed E-state index contributed by atoms with van der Waals surface area (Å²) in [6.45, 7) is 6.92. The molecule has 5 nitrogen and oxygen atoms in total. The smallest absolute Gasteiger partial charge is 0.258 e. The van der Waals surface area contributed by atoms with Crippen molar-refractivity contribution >= 4 is 11.8 Å². The van der Waals surface area contributed by atoms with Gasteiger partial charge in [0.25, 0.3) is 5.91 Å². The van der Waals surface area contributed by atoms with Gasteiger partial charge in [0.15, 0.2) is 6.61 Å². The molecular weight excluding hydrogens is 316 g/mol. The van der Waals surface area contributed by atoms with E-state index in [1.807, 2.05) is 0 Å². The van der Waals surface area contributed by atoms with Gasteiger partial charge < -0.3 is 15.8 Å². The van der Waals surface area contributed by atoms with Gasteiger partial charge in [0.2, 0.25) is 5.91 Å². The van der Waals surface area contributed by atoms with Crippen molar-refractivity contribution in [2.24, 2.45) is 17.1 Å². The highest BCUT2D eigenvalue weighted by Gasteiger charge is 2.32. The summed E-state index contributed by atoms with van der Waals surface area (Å²) in [6, 6.07) is 6.72. The monoisotopic (exact) mass is 346 g/mol. The molecule has 0 atom stereocenters. The number of primary amides is 1. The van der Waals surface area contributed by atoms with Crippen molar-refractivity contribution in [3.05, 3.63) is 29.8 Å². The molecule has 1 aromatic carbocycles. The highest BCUT2D eigenvalue weighted by Crippen LogP contribution is 2.40. The molecule has 0 saturated heterocycles. The number of ether oxygens (including phenoxy) is 1. The predicted octanol–water partition coefficient (Wildman–Crippen LogP) is 3.28. The third-order valence-electron chi connectivity index (χ3n) is 5.62.